The molecule has 1 aromatic heterocycles. The van der Waals surface area contributed by atoms with Crippen molar-refractivity contribution in [1.82, 2.24) is 10.3 Å². The van der Waals surface area contributed by atoms with E-state index in [0.717, 1.165) is 13.0 Å². The molecular weight excluding hydrogens is 376 g/mol. The fourth-order valence-corrected chi connectivity index (χ4v) is 5.02. The predicted octanol–water partition coefficient (Wildman–Crippen LogP) is 6.99. The zero-order valence-electron chi connectivity index (χ0n) is 18.6. The maximum Gasteiger partial charge on any atom is 0.0476 e. The lowest BCUT2D eigenvalue weighted by atomic mass is 9.90. The van der Waals surface area contributed by atoms with E-state index in [2.05, 4.69) is 96.9 Å². The normalized spacial score (nSPS) is 16.9. The molecule has 0 radical (unpaired) electrons. The van der Waals surface area contributed by atoms with Gasteiger partial charge in [-0.15, -0.1) is 0 Å². The topological polar surface area (TPSA) is 27.8 Å². The minimum absolute atomic E-state index is 0.428. The van der Waals surface area contributed by atoms with E-state index in [1.54, 1.807) is 0 Å². The van der Waals surface area contributed by atoms with E-state index in [4.69, 9.17) is 0 Å². The van der Waals surface area contributed by atoms with Gasteiger partial charge in [-0.3, -0.25) is 0 Å². The van der Waals surface area contributed by atoms with Crippen LogP contribution in [0.3, 0.4) is 0 Å². The van der Waals surface area contributed by atoms with Crippen molar-refractivity contribution in [3.05, 3.63) is 95.2 Å². The molecule has 0 saturated heterocycles. The monoisotopic (exact) mass is 408 g/mol. The van der Waals surface area contributed by atoms with E-state index in [-0.39, 0.29) is 0 Å². The van der Waals surface area contributed by atoms with E-state index in [0.29, 0.717) is 12.0 Å². The maximum absolute atomic E-state index is 3.88. The third-order valence-electron chi connectivity index (χ3n) is 6.73. The highest BCUT2D eigenvalue weighted by molar-refractivity contribution is 5.89. The van der Waals surface area contributed by atoms with Crippen molar-refractivity contribution in [2.75, 3.05) is 6.54 Å². The molecule has 2 N–H and O–H groups in total. The van der Waals surface area contributed by atoms with Crippen LogP contribution in [0.4, 0.5) is 0 Å². The van der Waals surface area contributed by atoms with Gasteiger partial charge in [0.15, 0.2) is 0 Å². The zero-order chi connectivity index (χ0) is 21.2. The van der Waals surface area contributed by atoms with Gasteiger partial charge in [-0.25, -0.2) is 0 Å². The van der Waals surface area contributed by atoms with Crippen LogP contribution in [0, 0.1) is 12.8 Å². The summed E-state index contributed by atoms with van der Waals surface area (Å²) in [5.74, 6) is 0.616. The van der Waals surface area contributed by atoms with Gasteiger partial charge in [0.2, 0.25) is 0 Å². The van der Waals surface area contributed by atoms with Crippen molar-refractivity contribution in [2.24, 2.45) is 5.92 Å². The molecule has 0 bridgehead atoms. The molecule has 2 unspecified atom stereocenters. The lowest BCUT2D eigenvalue weighted by molar-refractivity contribution is 0.408. The maximum atomic E-state index is 3.88. The van der Waals surface area contributed by atoms with E-state index in [9.17, 15) is 0 Å². The number of rotatable bonds is 6. The standard InChI is InChI=1S/C29H32N2/c1-20-11-13-23(14-12-20)24-15-16-27-26(18-24)25-9-6-10-28(29(25)31-27)30-19-21(2)17-22-7-4-3-5-8-22/h3-5,7-8,11-16,18,21,28,30-31H,6,9-10,17,19H2,1-2H3. The molecule has 0 amide bonds. The molecule has 0 spiro atoms. The van der Waals surface area contributed by atoms with Crippen LogP contribution in [0.5, 0.6) is 0 Å². The van der Waals surface area contributed by atoms with Crippen LogP contribution in [0.25, 0.3) is 22.0 Å². The Bertz CT molecular complexity index is 1150. The third kappa shape index (κ3) is 4.31. The number of aryl methyl sites for hydroxylation is 2. The zero-order valence-corrected chi connectivity index (χ0v) is 18.6. The first-order chi connectivity index (χ1) is 15.2. The Morgan fingerprint density at radius 2 is 1.74 bits per heavy atom. The van der Waals surface area contributed by atoms with Gasteiger partial charge >= 0.3 is 0 Å². The average Bonchev–Trinajstić information content (AvgIpc) is 3.17. The van der Waals surface area contributed by atoms with Gasteiger partial charge < -0.3 is 10.3 Å². The first-order valence-electron chi connectivity index (χ1n) is 11.7. The van der Waals surface area contributed by atoms with Crippen LogP contribution in [-0.2, 0) is 12.8 Å². The SMILES string of the molecule is Cc1ccc(-c2ccc3[nH]c4c(c3c2)CCCC4NCC(C)Cc2ccccc2)cc1. The highest BCUT2D eigenvalue weighted by Gasteiger charge is 2.24. The van der Waals surface area contributed by atoms with Crippen molar-refractivity contribution in [1.29, 1.82) is 0 Å². The third-order valence-corrected chi connectivity index (χ3v) is 6.73. The molecule has 4 aromatic rings. The molecule has 5 rings (SSSR count). The molecule has 0 fully saturated rings. The van der Waals surface area contributed by atoms with E-state index in [1.165, 1.54) is 63.7 Å². The van der Waals surface area contributed by atoms with E-state index in [1.807, 2.05) is 0 Å². The number of aromatic nitrogens is 1. The summed E-state index contributed by atoms with van der Waals surface area (Å²) in [6.45, 7) is 5.54. The van der Waals surface area contributed by atoms with Crippen LogP contribution >= 0.6 is 0 Å². The first kappa shape index (κ1) is 20.1. The molecular formula is C29H32N2. The number of fused-ring (bicyclic) bond motifs is 3. The summed E-state index contributed by atoms with van der Waals surface area (Å²) < 4.78 is 0. The summed E-state index contributed by atoms with van der Waals surface area (Å²) in [5, 5.41) is 5.28. The summed E-state index contributed by atoms with van der Waals surface area (Å²) in [6, 6.07) is 27.0. The molecule has 31 heavy (non-hydrogen) atoms. The van der Waals surface area contributed by atoms with Crippen molar-refractivity contribution in [3.8, 4) is 11.1 Å². The van der Waals surface area contributed by atoms with Crippen molar-refractivity contribution in [3.63, 3.8) is 0 Å². The molecule has 158 valence electrons. The summed E-state index contributed by atoms with van der Waals surface area (Å²) in [4.78, 5) is 3.76. The lowest BCUT2D eigenvalue weighted by Crippen LogP contribution is -2.29. The summed E-state index contributed by atoms with van der Waals surface area (Å²) in [7, 11) is 0. The predicted molar refractivity (Wildman–Crippen MR) is 131 cm³/mol. The van der Waals surface area contributed by atoms with Crippen LogP contribution in [0.15, 0.2) is 72.8 Å². The first-order valence-corrected chi connectivity index (χ1v) is 11.7. The second kappa shape index (κ2) is 8.72. The Kier molecular flexibility index (Phi) is 5.65. The molecule has 1 heterocycles. The van der Waals surface area contributed by atoms with Crippen molar-refractivity contribution < 1.29 is 0 Å². The highest BCUT2D eigenvalue weighted by Crippen LogP contribution is 2.36. The molecule has 2 atom stereocenters. The Morgan fingerprint density at radius 1 is 0.968 bits per heavy atom. The van der Waals surface area contributed by atoms with E-state index >= 15 is 0 Å². The number of aromatic amines is 1. The molecule has 2 heteroatoms. The Labute approximate surface area is 185 Å². The fourth-order valence-electron chi connectivity index (χ4n) is 5.02. The molecule has 2 nitrogen and oxygen atoms in total. The van der Waals surface area contributed by atoms with E-state index < -0.39 is 0 Å². The molecule has 1 aliphatic carbocycles. The van der Waals surface area contributed by atoms with Gasteiger partial charge in [0.1, 0.15) is 0 Å². The van der Waals surface area contributed by atoms with Crippen LogP contribution < -0.4 is 5.32 Å². The second-order valence-electron chi connectivity index (χ2n) is 9.29. The molecule has 1 aliphatic rings. The van der Waals surface area contributed by atoms with Gasteiger partial charge in [-0.1, -0.05) is 73.2 Å². The highest BCUT2D eigenvalue weighted by atomic mass is 15.0. The fraction of sp³-hybridized carbons (Fsp3) is 0.310. The molecule has 0 aliphatic heterocycles. The van der Waals surface area contributed by atoms with Crippen molar-refractivity contribution >= 4 is 10.9 Å². The van der Waals surface area contributed by atoms with Crippen LogP contribution in [0.2, 0.25) is 0 Å². The minimum atomic E-state index is 0.428. The van der Waals surface area contributed by atoms with Gasteiger partial charge in [0, 0.05) is 22.6 Å². The molecule has 3 aromatic carbocycles. The molecule has 0 saturated carbocycles. The quantitative estimate of drug-likeness (QED) is 0.353. The minimum Gasteiger partial charge on any atom is -0.357 e. The Morgan fingerprint density at radius 3 is 2.55 bits per heavy atom. The number of hydrogen-bond acceptors (Lipinski definition) is 1. The second-order valence-corrected chi connectivity index (χ2v) is 9.29. The van der Waals surface area contributed by atoms with Gasteiger partial charge in [0.25, 0.3) is 0 Å². The number of H-pyrrole nitrogens is 1. The number of nitrogens with one attached hydrogen (secondary N) is 2. The van der Waals surface area contributed by atoms with Gasteiger partial charge in [-0.05, 0) is 79.5 Å². The smallest absolute Gasteiger partial charge is 0.0476 e. The van der Waals surface area contributed by atoms with Gasteiger partial charge in [-0.2, -0.15) is 0 Å². The van der Waals surface area contributed by atoms with Gasteiger partial charge in [0.05, 0.1) is 0 Å². The summed E-state index contributed by atoms with van der Waals surface area (Å²) in [5.41, 5.74) is 9.53. The largest absolute Gasteiger partial charge is 0.357 e. The lowest BCUT2D eigenvalue weighted by Gasteiger charge is -2.25. The van der Waals surface area contributed by atoms with Crippen LogP contribution in [0.1, 0.15) is 48.2 Å². The van der Waals surface area contributed by atoms with Crippen molar-refractivity contribution in [2.45, 2.75) is 45.6 Å². The summed E-state index contributed by atoms with van der Waals surface area (Å²) in [6.07, 6.45) is 4.76. The Balaban J connectivity index is 1.35. The number of hydrogen-bond donors (Lipinski definition) is 2. The van der Waals surface area contributed by atoms with Crippen LogP contribution in [-0.4, -0.2) is 11.5 Å². The summed E-state index contributed by atoms with van der Waals surface area (Å²) >= 11 is 0. The number of benzene rings is 3. The Hall–Kier alpha value is -2.84. The average molecular weight is 409 g/mol.